The van der Waals surface area contributed by atoms with Crippen LogP contribution in [0, 0.1) is 0 Å². The van der Waals surface area contributed by atoms with Crippen molar-refractivity contribution in [2.45, 2.75) is 0 Å². The molecule has 6 heteroatoms. The van der Waals surface area contributed by atoms with Gasteiger partial charge in [-0.05, 0) is 48.0 Å². The summed E-state index contributed by atoms with van der Waals surface area (Å²) >= 11 is 0. The SMILES string of the molecule is COc1ccc(/C=N/NC(=O)c2ccc(N)cc2)cc1O. The average molecular weight is 285 g/mol. The zero-order chi connectivity index (χ0) is 15.2. The number of methoxy groups -OCH3 is 1. The van der Waals surface area contributed by atoms with Crippen molar-refractivity contribution >= 4 is 17.8 Å². The summed E-state index contributed by atoms with van der Waals surface area (Å²) in [5, 5.41) is 13.4. The van der Waals surface area contributed by atoms with Crippen molar-refractivity contribution in [1.82, 2.24) is 5.43 Å². The molecule has 4 N–H and O–H groups in total. The maximum atomic E-state index is 11.8. The second-order valence-electron chi connectivity index (χ2n) is 4.25. The second kappa shape index (κ2) is 6.42. The Morgan fingerprint density at radius 3 is 2.62 bits per heavy atom. The lowest BCUT2D eigenvalue weighted by Crippen LogP contribution is -2.17. The van der Waals surface area contributed by atoms with Crippen molar-refractivity contribution in [3.63, 3.8) is 0 Å². The Morgan fingerprint density at radius 2 is 2.00 bits per heavy atom. The molecular weight excluding hydrogens is 270 g/mol. The van der Waals surface area contributed by atoms with Gasteiger partial charge in [0.25, 0.3) is 5.91 Å². The van der Waals surface area contributed by atoms with Gasteiger partial charge in [-0.25, -0.2) is 5.43 Å². The molecule has 0 bridgehead atoms. The summed E-state index contributed by atoms with van der Waals surface area (Å²) in [5.41, 5.74) is 9.61. The number of benzene rings is 2. The molecule has 0 aliphatic carbocycles. The van der Waals surface area contributed by atoms with Crippen molar-refractivity contribution in [3.05, 3.63) is 53.6 Å². The van der Waals surface area contributed by atoms with Crippen LogP contribution in [0.3, 0.4) is 0 Å². The van der Waals surface area contributed by atoms with E-state index in [0.717, 1.165) is 0 Å². The van der Waals surface area contributed by atoms with Gasteiger partial charge >= 0.3 is 0 Å². The number of nitrogens with zero attached hydrogens (tertiary/aromatic N) is 1. The maximum absolute atomic E-state index is 11.8. The third kappa shape index (κ3) is 3.73. The van der Waals surface area contributed by atoms with Crippen LogP contribution in [-0.2, 0) is 0 Å². The molecule has 0 atom stereocenters. The number of carbonyl (C=O) groups excluding carboxylic acids is 1. The summed E-state index contributed by atoms with van der Waals surface area (Å²) in [4.78, 5) is 11.8. The van der Waals surface area contributed by atoms with Gasteiger partial charge in [-0.15, -0.1) is 0 Å². The number of phenolic OH excluding ortho intramolecular Hbond substituents is 1. The molecule has 2 aromatic rings. The van der Waals surface area contributed by atoms with E-state index in [2.05, 4.69) is 10.5 Å². The summed E-state index contributed by atoms with van der Waals surface area (Å²) in [7, 11) is 1.47. The molecule has 0 aliphatic rings. The normalized spacial score (nSPS) is 10.5. The molecule has 2 aromatic carbocycles. The van der Waals surface area contributed by atoms with E-state index >= 15 is 0 Å². The van der Waals surface area contributed by atoms with Crippen molar-refractivity contribution in [2.24, 2.45) is 5.10 Å². The molecule has 0 aliphatic heterocycles. The number of rotatable bonds is 4. The predicted molar refractivity (Wildman–Crippen MR) is 80.6 cm³/mol. The molecule has 0 saturated carbocycles. The van der Waals surface area contributed by atoms with Crippen LogP contribution >= 0.6 is 0 Å². The highest BCUT2D eigenvalue weighted by Crippen LogP contribution is 2.25. The topological polar surface area (TPSA) is 96.9 Å². The smallest absolute Gasteiger partial charge is 0.271 e. The summed E-state index contributed by atoms with van der Waals surface area (Å²) in [5.74, 6) is 0.0355. The predicted octanol–water partition coefficient (Wildman–Crippen LogP) is 1.75. The first kappa shape index (κ1) is 14.4. The Morgan fingerprint density at radius 1 is 1.29 bits per heavy atom. The minimum Gasteiger partial charge on any atom is -0.504 e. The molecule has 0 heterocycles. The number of phenols is 1. The van der Waals surface area contributed by atoms with Crippen LogP contribution in [0.4, 0.5) is 5.69 Å². The molecule has 1 amide bonds. The average Bonchev–Trinajstić information content (AvgIpc) is 2.48. The molecule has 21 heavy (non-hydrogen) atoms. The van der Waals surface area contributed by atoms with Crippen molar-refractivity contribution in [1.29, 1.82) is 0 Å². The number of nitrogens with one attached hydrogen (secondary N) is 1. The minimum atomic E-state index is -0.344. The second-order valence-corrected chi connectivity index (χ2v) is 4.25. The number of hydrazone groups is 1. The Bertz CT molecular complexity index is 666. The van der Waals surface area contributed by atoms with Gasteiger partial charge in [-0.2, -0.15) is 5.10 Å². The molecule has 2 rings (SSSR count). The van der Waals surface area contributed by atoms with E-state index < -0.39 is 0 Å². The molecule has 0 aromatic heterocycles. The van der Waals surface area contributed by atoms with Gasteiger partial charge in [-0.1, -0.05) is 0 Å². The molecule has 0 unspecified atom stereocenters. The maximum Gasteiger partial charge on any atom is 0.271 e. The van der Waals surface area contributed by atoms with Crippen LogP contribution in [0.2, 0.25) is 0 Å². The van der Waals surface area contributed by atoms with Gasteiger partial charge in [-0.3, -0.25) is 4.79 Å². The molecular formula is C15H15N3O3. The van der Waals surface area contributed by atoms with Crippen molar-refractivity contribution in [2.75, 3.05) is 12.8 Å². The highest BCUT2D eigenvalue weighted by atomic mass is 16.5. The minimum absolute atomic E-state index is 0.00584. The van der Waals surface area contributed by atoms with E-state index in [9.17, 15) is 9.90 Å². The molecule has 0 saturated heterocycles. The summed E-state index contributed by atoms with van der Waals surface area (Å²) in [6.07, 6.45) is 1.42. The summed E-state index contributed by atoms with van der Waals surface area (Å²) < 4.78 is 4.94. The van der Waals surface area contributed by atoms with E-state index in [-0.39, 0.29) is 11.7 Å². The van der Waals surface area contributed by atoms with E-state index in [1.54, 1.807) is 36.4 Å². The number of anilines is 1. The lowest BCUT2D eigenvalue weighted by Gasteiger charge is -2.03. The quantitative estimate of drug-likeness (QED) is 0.453. The zero-order valence-electron chi connectivity index (χ0n) is 11.4. The molecule has 0 spiro atoms. The zero-order valence-corrected chi connectivity index (χ0v) is 11.4. The number of aromatic hydroxyl groups is 1. The first-order valence-corrected chi connectivity index (χ1v) is 6.16. The van der Waals surface area contributed by atoms with Crippen LogP contribution in [0.25, 0.3) is 0 Å². The summed E-state index contributed by atoms with van der Waals surface area (Å²) in [6, 6.07) is 11.3. The number of carbonyl (C=O) groups is 1. The van der Waals surface area contributed by atoms with Crippen LogP contribution < -0.4 is 15.9 Å². The number of nitrogen functional groups attached to an aromatic ring is 1. The fourth-order valence-electron chi connectivity index (χ4n) is 1.65. The van der Waals surface area contributed by atoms with Crippen LogP contribution in [-0.4, -0.2) is 24.3 Å². The van der Waals surface area contributed by atoms with Gasteiger partial charge in [0.2, 0.25) is 0 Å². The lowest BCUT2D eigenvalue weighted by molar-refractivity contribution is 0.0955. The monoisotopic (exact) mass is 285 g/mol. The standard InChI is InChI=1S/C15H15N3O3/c1-21-14-7-2-10(8-13(14)19)9-17-18-15(20)11-3-5-12(16)6-4-11/h2-9,19H,16H2,1H3,(H,18,20)/b17-9+. The number of amides is 1. The van der Waals surface area contributed by atoms with E-state index in [4.69, 9.17) is 10.5 Å². The Balaban J connectivity index is 2.00. The number of ether oxygens (including phenoxy) is 1. The fraction of sp³-hybridized carbons (Fsp3) is 0.0667. The highest BCUT2D eigenvalue weighted by molar-refractivity contribution is 5.95. The van der Waals surface area contributed by atoms with Crippen molar-refractivity contribution < 1.29 is 14.6 Å². The Hall–Kier alpha value is -3.02. The Labute approximate surface area is 121 Å². The number of hydrogen-bond acceptors (Lipinski definition) is 5. The van der Waals surface area contributed by atoms with Crippen LogP contribution in [0.5, 0.6) is 11.5 Å². The highest BCUT2D eigenvalue weighted by Gasteiger charge is 2.03. The van der Waals surface area contributed by atoms with E-state index in [1.807, 2.05) is 0 Å². The van der Waals surface area contributed by atoms with Crippen LogP contribution in [0.15, 0.2) is 47.6 Å². The lowest BCUT2D eigenvalue weighted by atomic mass is 10.2. The summed E-state index contributed by atoms with van der Waals surface area (Å²) in [6.45, 7) is 0. The first-order valence-electron chi connectivity index (χ1n) is 6.16. The van der Waals surface area contributed by atoms with E-state index in [0.29, 0.717) is 22.6 Å². The molecule has 0 radical (unpaired) electrons. The van der Waals surface area contributed by atoms with Gasteiger partial charge in [0.05, 0.1) is 13.3 Å². The van der Waals surface area contributed by atoms with Gasteiger partial charge < -0.3 is 15.6 Å². The molecule has 0 fully saturated rings. The van der Waals surface area contributed by atoms with Gasteiger partial charge in [0.1, 0.15) is 0 Å². The van der Waals surface area contributed by atoms with Crippen molar-refractivity contribution in [3.8, 4) is 11.5 Å². The van der Waals surface area contributed by atoms with Crippen LogP contribution in [0.1, 0.15) is 15.9 Å². The number of nitrogens with two attached hydrogens (primary N) is 1. The molecule has 108 valence electrons. The molecule has 6 nitrogen and oxygen atoms in total. The van der Waals surface area contributed by atoms with Gasteiger partial charge in [0, 0.05) is 11.3 Å². The first-order chi connectivity index (χ1) is 10.1. The fourth-order valence-corrected chi connectivity index (χ4v) is 1.65. The third-order valence-electron chi connectivity index (χ3n) is 2.76. The van der Waals surface area contributed by atoms with E-state index in [1.165, 1.54) is 19.4 Å². The van der Waals surface area contributed by atoms with Gasteiger partial charge in [0.15, 0.2) is 11.5 Å². The number of hydrogen-bond donors (Lipinski definition) is 3. The third-order valence-corrected chi connectivity index (χ3v) is 2.76. The Kier molecular flexibility index (Phi) is 4.40. The largest absolute Gasteiger partial charge is 0.504 e.